The third kappa shape index (κ3) is 2.94. The molecule has 0 bridgehead atoms. The van der Waals surface area contributed by atoms with E-state index < -0.39 is 0 Å². The van der Waals surface area contributed by atoms with Gasteiger partial charge in [0.25, 0.3) is 0 Å². The van der Waals surface area contributed by atoms with E-state index in [1.165, 1.54) is 45.1 Å². The van der Waals surface area contributed by atoms with Crippen molar-refractivity contribution in [3.05, 3.63) is 0 Å². The van der Waals surface area contributed by atoms with E-state index in [1.54, 1.807) is 0 Å². The third-order valence-corrected chi connectivity index (χ3v) is 4.32. The second-order valence-electron chi connectivity index (χ2n) is 5.22. The summed E-state index contributed by atoms with van der Waals surface area (Å²) in [6.45, 7) is 3.21. The maximum atomic E-state index is 5.47. The molecule has 0 radical (unpaired) electrons. The molecule has 0 aromatic rings. The average molecular weight is 211 g/mol. The van der Waals surface area contributed by atoms with Gasteiger partial charge in [0, 0.05) is 13.2 Å². The minimum atomic E-state index is 0.918. The van der Waals surface area contributed by atoms with E-state index in [0.29, 0.717) is 0 Å². The van der Waals surface area contributed by atoms with Crippen LogP contribution in [0.4, 0.5) is 0 Å². The first-order chi connectivity index (χ1) is 7.42. The third-order valence-electron chi connectivity index (χ3n) is 4.32. The maximum Gasteiger partial charge on any atom is 0.0468 e. The first-order valence-corrected chi connectivity index (χ1v) is 6.64. The number of hydrogen-bond acceptors (Lipinski definition) is 2. The van der Waals surface area contributed by atoms with Crippen molar-refractivity contribution in [2.45, 2.75) is 38.5 Å². The van der Waals surface area contributed by atoms with E-state index >= 15 is 0 Å². The summed E-state index contributed by atoms with van der Waals surface area (Å²) in [5, 5.41) is 3.40. The molecule has 88 valence electrons. The van der Waals surface area contributed by atoms with Crippen LogP contribution in [0.2, 0.25) is 0 Å². The molecule has 1 saturated carbocycles. The molecule has 0 aromatic carbocycles. The Morgan fingerprint density at radius 1 is 1.07 bits per heavy atom. The molecule has 2 nitrogen and oxygen atoms in total. The van der Waals surface area contributed by atoms with Crippen LogP contribution < -0.4 is 5.32 Å². The molecule has 0 aromatic heterocycles. The summed E-state index contributed by atoms with van der Waals surface area (Å²) in [6.07, 6.45) is 8.47. The van der Waals surface area contributed by atoms with Gasteiger partial charge in [-0.25, -0.2) is 0 Å². The van der Waals surface area contributed by atoms with Gasteiger partial charge < -0.3 is 10.1 Å². The van der Waals surface area contributed by atoms with Gasteiger partial charge in [0.2, 0.25) is 0 Å². The highest BCUT2D eigenvalue weighted by atomic mass is 16.5. The largest absolute Gasteiger partial charge is 0.381 e. The molecule has 1 heterocycles. The van der Waals surface area contributed by atoms with Crippen molar-refractivity contribution in [1.82, 2.24) is 5.32 Å². The van der Waals surface area contributed by atoms with Crippen molar-refractivity contribution < 1.29 is 4.74 Å². The molecule has 1 N–H and O–H groups in total. The number of nitrogens with one attached hydrogen (secondary N) is 1. The summed E-state index contributed by atoms with van der Waals surface area (Å²) in [6, 6.07) is 0. The standard InChI is InChI=1S/C13H25NO/c1-14-10-13(11-4-2-3-5-11)12-6-8-15-9-7-12/h11-14H,2-10H2,1H3. The van der Waals surface area contributed by atoms with Crippen molar-refractivity contribution in [3.63, 3.8) is 0 Å². The van der Waals surface area contributed by atoms with Gasteiger partial charge in [-0.3, -0.25) is 0 Å². The molecule has 1 aliphatic heterocycles. The van der Waals surface area contributed by atoms with Crippen LogP contribution in [-0.2, 0) is 4.74 Å². The van der Waals surface area contributed by atoms with Crippen molar-refractivity contribution in [1.29, 1.82) is 0 Å². The molecule has 0 amide bonds. The topological polar surface area (TPSA) is 21.3 Å². The van der Waals surface area contributed by atoms with Gasteiger partial charge >= 0.3 is 0 Å². The van der Waals surface area contributed by atoms with Gasteiger partial charge in [-0.2, -0.15) is 0 Å². The summed E-state index contributed by atoms with van der Waals surface area (Å²) in [5.41, 5.74) is 0. The van der Waals surface area contributed by atoms with E-state index in [2.05, 4.69) is 12.4 Å². The predicted molar refractivity (Wildman–Crippen MR) is 62.9 cm³/mol. The number of ether oxygens (including phenoxy) is 1. The quantitative estimate of drug-likeness (QED) is 0.771. The van der Waals surface area contributed by atoms with Gasteiger partial charge in [0.1, 0.15) is 0 Å². The average Bonchev–Trinajstić information content (AvgIpc) is 2.80. The van der Waals surface area contributed by atoms with Crippen LogP contribution in [0.3, 0.4) is 0 Å². The normalized spacial score (nSPS) is 27.0. The minimum absolute atomic E-state index is 0.918. The molecular weight excluding hydrogens is 186 g/mol. The van der Waals surface area contributed by atoms with Crippen LogP contribution in [0.1, 0.15) is 38.5 Å². The monoisotopic (exact) mass is 211 g/mol. The lowest BCUT2D eigenvalue weighted by Gasteiger charge is -2.34. The number of hydrogen-bond donors (Lipinski definition) is 1. The Morgan fingerprint density at radius 3 is 2.27 bits per heavy atom. The van der Waals surface area contributed by atoms with Gasteiger partial charge in [0.05, 0.1) is 0 Å². The molecule has 2 heteroatoms. The molecule has 2 rings (SSSR count). The van der Waals surface area contributed by atoms with Crippen molar-refractivity contribution >= 4 is 0 Å². The highest BCUT2D eigenvalue weighted by Gasteiger charge is 2.31. The van der Waals surface area contributed by atoms with Gasteiger partial charge in [-0.1, -0.05) is 25.7 Å². The molecule has 1 atom stereocenters. The van der Waals surface area contributed by atoms with Gasteiger partial charge in [-0.15, -0.1) is 0 Å². The zero-order chi connectivity index (χ0) is 10.5. The van der Waals surface area contributed by atoms with E-state index in [-0.39, 0.29) is 0 Å². The van der Waals surface area contributed by atoms with Crippen LogP contribution in [-0.4, -0.2) is 26.8 Å². The molecule has 1 unspecified atom stereocenters. The predicted octanol–water partition coefficient (Wildman–Crippen LogP) is 2.44. The first kappa shape index (κ1) is 11.4. The maximum absolute atomic E-state index is 5.47. The van der Waals surface area contributed by atoms with Crippen molar-refractivity contribution in [2.75, 3.05) is 26.8 Å². The van der Waals surface area contributed by atoms with E-state index in [0.717, 1.165) is 31.0 Å². The second-order valence-corrected chi connectivity index (χ2v) is 5.22. The smallest absolute Gasteiger partial charge is 0.0468 e. The Balaban J connectivity index is 1.90. The fourth-order valence-electron chi connectivity index (χ4n) is 3.48. The van der Waals surface area contributed by atoms with Crippen LogP contribution in [0.5, 0.6) is 0 Å². The molecule has 2 fully saturated rings. The second kappa shape index (κ2) is 5.86. The summed E-state index contributed by atoms with van der Waals surface area (Å²) >= 11 is 0. The molecule has 1 aliphatic carbocycles. The van der Waals surface area contributed by atoms with E-state index in [9.17, 15) is 0 Å². The van der Waals surface area contributed by atoms with E-state index in [1.807, 2.05) is 0 Å². The van der Waals surface area contributed by atoms with Crippen molar-refractivity contribution in [2.24, 2.45) is 17.8 Å². The Labute approximate surface area is 93.8 Å². The SMILES string of the molecule is CNCC(C1CCCC1)C1CCOCC1. The Morgan fingerprint density at radius 2 is 1.67 bits per heavy atom. The molecule has 1 saturated heterocycles. The van der Waals surface area contributed by atoms with Crippen LogP contribution in [0.25, 0.3) is 0 Å². The van der Waals surface area contributed by atoms with Crippen LogP contribution in [0, 0.1) is 17.8 Å². The minimum Gasteiger partial charge on any atom is -0.381 e. The summed E-state index contributed by atoms with van der Waals surface area (Å²) < 4.78 is 5.47. The molecular formula is C13H25NO. The Bertz CT molecular complexity index is 171. The Kier molecular flexibility index (Phi) is 4.45. The summed E-state index contributed by atoms with van der Waals surface area (Å²) in [5.74, 6) is 2.84. The zero-order valence-corrected chi connectivity index (χ0v) is 10.0. The fraction of sp³-hybridized carbons (Fsp3) is 1.00. The summed E-state index contributed by atoms with van der Waals surface area (Å²) in [7, 11) is 2.10. The van der Waals surface area contributed by atoms with Crippen molar-refractivity contribution in [3.8, 4) is 0 Å². The highest BCUT2D eigenvalue weighted by molar-refractivity contribution is 4.83. The van der Waals surface area contributed by atoms with Crippen LogP contribution in [0.15, 0.2) is 0 Å². The first-order valence-electron chi connectivity index (χ1n) is 6.64. The van der Waals surface area contributed by atoms with Gasteiger partial charge in [0.15, 0.2) is 0 Å². The highest BCUT2D eigenvalue weighted by Crippen LogP contribution is 2.38. The lowest BCUT2D eigenvalue weighted by atomic mass is 9.77. The molecule has 2 aliphatic rings. The summed E-state index contributed by atoms with van der Waals surface area (Å²) in [4.78, 5) is 0. The fourth-order valence-corrected chi connectivity index (χ4v) is 3.48. The lowest BCUT2D eigenvalue weighted by molar-refractivity contribution is 0.0347. The lowest BCUT2D eigenvalue weighted by Crippen LogP contribution is -2.34. The zero-order valence-electron chi connectivity index (χ0n) is 10.0. The van der Waals surface area contributed by atoms with Crippen LogP contribution >= 0.6 is 0 Å². The molecule has 0 spiro atoms. The number of rotatable bonds is 4. The van der Waals surface area contributed by atoms with Gasteiger partial charge in [-0.05, 0) is 44.2 Å². The van der Waals surface area contributed by atoms with E-state index in [4.69, 9.17) is 4.74 Å². The Hall–Kier alpha value is -0.0800. The molecule has 15 heavy (non-hydrogen) atoms.